The van der Waals surface area contributed by atoms with Gasteiger partial charge in [0.1, 0.15) is 11.6 Å². The Labute approximate surface area is 166 Å². The average Bonchev–Trinajstić information content (AvgIpc) is 2.67. The lowest BCUT2D eigenvalue weighted by molar-refractivity contribution is -0.116. The average molecular weight is 393 g/mol. The number of fused-ring (bicyclic) bond motifs is 1. The Morgan fingerprint density at radius 3 is 2.54 bits per heavy atom. The molecule has 1 unspecified atom stereocenters. The van der Waals surface area contributed by atoms with Gasteiger partial charge in [0.2, 0.25) is 5.91 Å². The van der Waals surface area contributed by atoms with Gasteiger partial charge in [-0.3, -0.25) is 9.59 Å². The minimum absolute atomic E-state index is 0.138. The Morgan fingerprint density at radius 2 is 1.82 bits per heavy atom. The third kappa shape index (κ3) is 3.80. The maximum atomic E-state index is 12.8. The Balaban J connectivity index is 1.63. The van der Waals surface area contributed by atoms with Gasteiger partial charge in [0.15, 0.2) is 5.16 Å². The standard InChI is InChI=1S/C21H19N3O3S/c1-12-2-4-13(5-3-12)11-28-21-23-19-18(20(27)24-21)16(10-17(26)22-19)14-6-8-15(25)9-7-14/h2-9,16,25H,10-11H2,1H3,(H2,22,23,24,26,27). The first-order valence-electron chi connectivity index (χ1n) is 8.91. The smallest absolute Gasteiger partial charge is 0.257 e. The molecule has 0 aliphatic carbocycles. The number of amides is 1. The number of thioether (sulfide) groups is 1. The molecular formula is C21H19N3O3S. The van der Waals surface area contributed by atoms with Crippen LogP contribution in [0.1, 0.15) is 34.6 Å². The zero-order valence-electron chi connectivity index (χ0n) is 15.2. The minimum Gasteiger partial charge on any atom is -0.508 e. The van der Waals surface area contributed by atoms with Crippen molar-refractivity contribution in [3.05, 3.63) is 81.1 Å². The van der Waals surface area contributed by atoms with E-state index in [0.29, 0.717) is 22.3 Å². The van der Waals surface area contributed by atoms with E-state index in [1.807, 2.05) is 31.2 Å². The maximum absolute atomic E-state index is 12.8. The summed E-state index contributed by atoms with van der Waals surface area (Å²) in [6, 6.07) is 14.7. The van der Waals surface area contributed by atoms with Gasteiger partial charge in [-0.05, 0) is 30.2 Å². The number of aromatic nitrogens is 2. The molecule has 0 spiro atoms. The van der Waals surface area contributed by atoms with Crippen molar-refractivity contribution in [1.29, 1.82) is 0 Å². The molecule has 0 radical (unpaired) electrons. The van der Waals surface area contributed by atoms with Crippen molar-refractivity contribution in [3.8, 4) is 5.75 Å². The Morgan fingerprint density at radius 1 is 1.11 bits per heavy atom. The molecule has 0 saturated carbocycles. The SMILES string of the molecule is Cc1ccc(CSc2nc3c(c(=O)[nH]2)C(c2ccc(O)cc2)CC(=O)N3)cc1. The highest BCUT2D eigenvalue weighted by Gasteiger charge is 2.30. The van der Waals surface area contributed by atoms with Crippen LogP contribution >= 0.6 is 11.8 Å². The van der Waals surface area contributed by atoms with Gasteiger partial charge < -0.3 is 15.4 Å². The molecule has 3 N–H and O–H groups in total. The summed E-state index contributed by atoms with van der Waals surface area (Å²) in [7, 11) is 0. The van der Waals surface area contributed by atoms with Crippen molar-refractivity contribution in [2.45, 2.75) is 30.2 Å². The number of aromatic hydroxyl groups is 1. The number of aryl methyl sites for hydroxylation is 1. The van der Waals surface area contributed by atoms with Crippen molar-refractivity contribution in [2.75, 3.05) is 5.32 Å². The molecule has 1 aliphatic rings. The lowest BCUT2D eigenvalue weighted by atomic mass is 9.87. The Kier molecular flexibility index (Phi) is 4.92. The number of aromatic amines is 1. The van der Waals surface area contributed by atoms with Crippen LogP contribution in [-0.4, -0.2) is 21.0 Å². The molecule has 6 nitrogen and oxygen atoms in total. The number of nitrogens with zero attached hydrogens (tertiary/aromatic N) is 1. The first-order chi connectivity index (χ1) is 13.5. The van der Waals surface area contributed by atoms with Crippen LogP contribution in [0.15, 0.2) is 58.5 Å². The van der Waals surface area contributed by atoms with Crippen molar-refractivity contribution in [1.82, 2.24) is 9.97 Å². The van der Waals surface area contributed by atoms with E-state index in [1.165, 1.54) is 17.3 Å². The molecule has 1 amide bonds. The van der Waals surface area contributed by atoms with E-state index in [4.69, 9.17) is 0 Å². The number of H-pyrrole nitrogens is 1. The number of hydrogen-bond donors (Lipinski definition) is 3. The zero-order chi connectivity index (χ0) is 19.7. The van der Waals surface area contributed by atoms with Crippen LogP contribution in [0.5, 0.6) is 5.75 Å². The van der Waals surface area contributed by atoms with Crippen LogP contribution in [0.4, 0.5) is 5.82 Å². The highest BCUT2D eigenvalue weighted by Crippen LogP contribution is 2.35. The second-order valence-corrected chi connectivity index (χ2v) is 7.77. The minimum atomic E-state index is -0.392. The molecular weight excluding hydrogens is 374 g/mol. The molecule has 2 aromatic carbocycles. The fraction of sp³-hybridized carbons (Fsp3) is 0.190. The van der Waals surface area contributed by atoms with Crippen LogP contribution < -0.4 is 10.9 Å². The van der Waals surface area contributed by atoms with Gasteiger partial charge in [-0.1, -0.05) is 53.7 Å². The first kappa shape index (κ1) is 18.3. The molecule has 0 fully saturated rings. The predicted octanol–water partition coefficient (Wildman–Crippen LogP) is 3.55. The van der Waals surface area contributed by atoms with E-state index >= 15 is 0 Å². The molecule has 2 heterocycles. The lowest BCUT2D eigenvalue weighted by Crippen LogP contribution is -2.31. The highest BCUT2D eigenvalue weighted by atomic mass is 32.2. The van der Waals surface area contributed by atoms with Gasteiger partial charge in [-0.2, -0.15) is 0 Å². The number of carbonyl (C=O) groups excluding carboxylic acids is 1. The molecule has 28 heavy (non-hydrogen) atoms. The van der Waals surface area contributed by atoms with Crippen LogP contribution in [0.2, 0.25) is 0 Å². The molecule has 3 aromatic rings. The van der Waals surface area contributed by atoms with E-state index in [9.17, 15) is 14.7 Å². The summed E-state index contributed by atoms with van der Waals surface area (Å²) >= 11 is 1.42. The fourth-order valence-corrected chi connectivity index (χ4v) is 4.06. The van der Waals surface area contributed by atoms with E-state index in [-0.39, 0.29) is 23.6 Å². The van der Waals surface area contributed by atoms with E-state index in [0.717, 1.165) is 11.1 Å². The highest BCUT2D eigenvalue weighted by molar-refractivity contribution is 7.98. The van der Waals surface area contributed by atoms with Crippen molar-refractivity contribution in [2.24, 2.45) is 0 Å². The van der Waals surface area contributed by atoms with Gasteiger partial charge >= 0.3 is 0 Å². The number of hydrogen-bond acceptors (Lipinski definition) is 5. The third-order valence-corrected chi connectivity index (χ3v) is 5.67. The molecule has 0 bridgehead atoms. The molecule has 1 atom stereocenters. The topological polar surface area (TPSA) is 95.1 Å². The first-order valence-corrected chi connectivity index (χ1v) is 9.89. The number of rotatable bonds is 4. The molecule has 0 saturated heterocycles. The second kappa shape index (κ2) is 7.52. The molecule has 1 aromatic heterocycles. The van der Waals surface area contributed by atoms with E-state index < -0.39 is 5.92 Å². The fourth-order valence-electron chi connectivity index (χ4n) is 3.25. The number of benzene rings is 2. The van der Waals surface area contributed by atoms with Crippen molar-refractivity contribution < 1.29 is 9.90 Å². The molecule has 7 heteroatoms. The summed E-state index contributed by atoms with van der Waals surface area (Å²) in [5.41, 5.74) is 3.31. The van der Waals surface area contributed by atoms with Crippen molar-refractivity contribution >= 4 is 23.5 Å². The second-order valence-electron chi connectivity index (χ2n) is 6.80. The van der Waals surface area contributed by atoms with Gasteiger partial charge in [0.05, 0.1) is 5.56 Å². The summed E-state index contributed by atoms with van der Waals surface area (Å²) in [4.78, 5) is 32.3. The van der Waals surface area contributed by atoms with Crippen molar-refractivity contribution in [3.63, 3.8) is 0 Å². The largest absolute Gasteiger partial charge is 0.508 e. The summed E-state index contributed by atoms with van der Waals surface area (Å²) < 4.78 is 0. The summed E-state index contributed by atoms with van der Waals surface area (Å²) in [6.45, 7) is 2.03. The number of phenolic OH excluding ortho intramolecular Hbond substituents is 1. The zero-order valence-corrected chi connectivity index (χ0v) is 16.0. The van der Waals surface area contributed by atoms with Crippen LogP contribution in [-0.2, 0) is 10.5 Å². The number of anilines is 1. The quantitative estimate of drug-likeness (QED) is 0.465. The van der Waals surface area contributed by atoms with Gasteiger partial charge in [0, 0.05) is 18.1 Å². The van der Waals surface area contributed by atoms with E-state index in [2.05, 4.69) is 15.3 Å². The summed E-state index contributed by atoms with van der Waals surface area (Å²) in [5.74, 6) is 0.538. The molecule has 142 valence electrons. The third-order valence-electron chi connectivity index (χ3n) is 4.72. The van der Waals surface area contributed by atoms with Gasteiger partial charge in [-0.25, -0.2) is 4.98 Å². The van der Waals surface area contributed by atoms with E-state index in [1.54, 1.807) is 24.3 Å². The van der Waals surface area contributed by atoms with Gasteiger partial charge in [0.25, 0.3) is 5.56 Å². The number of phenols is 1. The van der Waals surface area contributed by atoms with Gasteiger partial charge in [-0.15, -0.1) is 0 Å². The number of nitrogens with one attached hydrogen (secondary N) is 2. The van der Waals surface area contributed by atoms with Crippen LogP contribution in [0.25, 0.3) is 0 Å². The number of carbonyl (C=O) groups is 1. The lowest BCUT2D eigenvalue weighted by Gasteiger charge is -2.24. The summed E-state index contributed by atoms with van der Waals surface area (Å²) in [5, 5.41) is 12.7. The van der Waals surface area contributed by atoms with Crippen LogP contribution in [0, 0.1) is 6.92 Å². The maximum Gasteiger partial charge on any atom is 0.257 e. The Hall–Kier alpha value is -3.06. The monoisotopic (exact) mass is 393 g/mol. The van der Waals surface area contributed by atoms with Crippen LogP contribution in [0.3, 0.4) is 0 Å². The predicted molar refractivity (Wildman–Crippen MR) is 109 cm³/mol. The normalized spacial score (nSPS) is 15.8. The molecule has 4 rings (SSSR count). The molecule has 1 aliphatic heterocycles. The Bertz CT molecular complexity index is 1080. The summed E-state index contributed by atoms with van der Waals surface area (Å²) in [6.07, 6.45) is 0.165.